The fourth-order valence-corrected chi connectivity index (χ4v) is 2.49. The minimum absolute atomic E-state index is 0.0419. The molecule has 2 amide bonds. The van der Waals surface area contributed by atoms with Crippen molar-refractivity contribution < 1.29 is 9.59 Å². The zero-order valence-corrected chi connectivity index (χ0v) is 11.6. The third-order valence-corrected chi connectivity index (χ3v) is 3.35. The lowest BCUT2D eigenvalue weighted by atomic mass is 9.88. The van der Waals surface area contributed by atoms with Crippen molar-refractivity contribution in [1.82, 2.24) is 10.6 Å². The van der Waals surface area contributed by atoms with Crippen LogP contribution in [0.5, 0.6) is 0 Å². The summed E-state index contributed by atoms with van der Waals surface area (Å²) in [5.41, 5.74) is 5.39. The summed E-state index contributed by atoms with van der Waals surface area (Å²) in [5, 5.41) is 5.75. The number of carbonyl (C=O) groups excluding carboxylic acids is 2. The number of amides is 2. The third kappa shape index (κ3) is 4.29. The molecule has 104 valence electrons. The van der Waals surface area contributed by atoms with Crippen molar-refractivity contribution in [3.63, 3.8) is 0 Å². The molecule has 1 rings (SSSR count). The number of carbonyl (C=O) groups is 2. The first-order chi connectivity index (χ1) is 8.36. The van der Waals surface area contributed by atoms with E-state index in [0.717, 1.165) is 6.42 Å². The number of hydrogen-bond acceptors (Lipinski definition) is 3. The summed E-state index contributed by atoms with van der Waals surface area (Å²) in [6, 6.07) is 0. The van der Waals surface area contributed by atoms with Crippen LogP contribution in [-0.4, -0.2) is 30.4 Å². The minimum atomic E-state index is -0.376. The van der Waals surface area contributed by atoms with Gasteiger partial charge in [0.1, 0.15) is 0 Å². The molecule has 1 aliphatic rings. The van der Waals surface area contributed by atoms with Crippen molar-refractivity contribution in [2.45, 2.75) is 45.6 Å². The molecule has 2 atom stereocenters. The second-order valence-electron chi connectivity index (χ2n) is 5.89. The lowest BCUT2D eigenvalue weighted by Crippen LogP contribution is -2.55. The zero-order chi connectivity index (χ0) is 13.8. The quantitative estimate of drug-likeness (QED) is 0.664. The van der Waals surface area contributed by atoms with Gasteiger partial charge in [0.25, 0.3) is 0 Å². The summed E-state index contributed by atoms with van der Waals surface area (Å²) in [4.78, 5) is 23.4. The Morgan fingerprint density at radius 1 is 1.61 bits per heavy atom. The van der Waals surface area contributed by atoms with Gasteiger partial charge in [-0.05, 0) is 25.7 Å². The van der Waals surface area contributed by atoms with Crippen LogP contribution in [0.2, 0.25) is 0 Å². The van der Waals surface area contributed by atoms with Gasteiger partial charge in [0.05, 0.1) is 0 Å². The van der Waals surface area contributed by atoms with E-state index in [1.807, 2.05) is 6.92 Å². The number of nitrogens with two attached hydrogens (primary N) is 1. The van der Waals surface area contributed by atoms with Crippen LogP contribution in [0, 0.1) is 11.8 Å². The molecule has 4 N–H and O–H groups in total. The molecule has 0 aromatic carbocycles. The molecular formula is C13H25N3O2. The summed E-state index contributed by atoms with van der Waals surface area (Å²) in [6.07, 6.45) is 1.84. The van der Waals surface area contributed by atoms with Gasteiger partial charge in [0.2, 0.25) is 11.8 Å². The molecule has 1 heterocycles. The number of piperidine rings is 1. The van der Waals surface area contributed by atoms with Crippen molar-refractivity contribution in [2.75, 3.05) is 13.1 Å². The van der Waals surface area contributed by atoms with Gasteiger partial charge in [-0.15, -0.1) is 0 Å². The average molecular weight is 255 g/mol. The molecule has 2 unspecified atom stereocenters. The fourth-order valence-electron chi connectivity index (χ4n) is 2.49. The van der Waals surface area contributed by atoms with Gasteiger partial charge < -0.3 is 16.4 Å². The van der Waals surface area contributed by atoms with Crippen molar-refractivity contribution in [1.29, 1.82) is 0 Å². The summed E-state index contributed by atoms with van der Waals surface area (Å²) in [7, 11) is 0. The molecule has 5 heteroatoms. The second kappa shape index (κ2) is 6.18. The molecule has 0 aromatic rings. The van der Waals surface area contributed by atoms with Gasteiger partial charge in [-0.1, -0.05) is 13.8 Å². The maximum atomic E-state index is 12.2. The van der Waals surface area contributed by atoms with Crippen LogP contribution in [0.3, 0.4) is 0 Å². The topological polar surface area (TPSA) is 84.2 Å². The molecule has 1 saturated heterocycles. The Kier molecular flexibility index (Phi) is 5.14. The third-order valence-electron chi connectivity index (χ3n) is 3.35. The van der Waals surface area contributed by atoms with Crippen molar-refractivity contribution in [3.8, 4) is 0 Å². The summed E-state index contributed by atoms with van der Waals surface area (Å²) < 4.78 is 0. The van der Waals surface area contributed by atoms with E-state index in [2.05, 4.69) is 24.5 Å². The number of nitrogens with one attached hydrogen (secondary N) is 2. The zero-order valence-electron chi connectivity index (χ0n) is 11.6. The van der Waals surface area contributed by atoms with Gasteiger partial charge in [-0.2, -0.15) is 0 Å². The molecule has 0 bridgehead atoms. The molecule has 1 fully saturated rings. The predicted octanol–water partition coefficient (Wildman–Crippen LogP) is 0.392. The van der Waals surface area contributed by atoms with Crippen molar-refractivity contribution in [3.05, 3.63) is 0 Å². The maximum Gasteiger partial charge on any atom is 0.224 e. The smallest absolute Gasteiger partial charge is 0.224 e. The highest BCUT2D eigenvalue weighted by atomic mass is 16.2. The van der Waals surface area contributed by atoms with Crippen molar-refractivity contribution in [2.24, 2.45) is 17.6 Å². The van der Waals surface area contributed by atoms with Gasteiger partial charge >= 0.3 is 0 Å². The number of hydrogen-bond donors (Lipinski definition) is 3. The molecule has 18 heavy (non-hydrogen) atoms. The van der Waals surface area contributed by atoms with E-state index in [-0.39, 0.29) is 29.7 Å². The van der Waals surface area contributed by atoms with Crippen LogP contribution in [-0.2, 0) is 9.59 Å². The Hall–Kier alpha value is -1.10. The summed E-state index contributed by atoms with van der Waals surface area (Å²) >= 11 is 0. The van der Waals surface area contributed by atoms with E-state index in [1.54, 1.807) is 0 Å². The highest BCUT2D eigenvalue weighted by molar-refractivity contribution is 5.87. The first-order valence-corrected chi connectivity index (χ1v) is 6.65. The van der Waals surface area contributed by atoms with E-state index < -0.39 is 0 Å². The summed E-state index contributed by atoms with van der Waals surface area (Å²) in [6.45, 7) is 7.17. The van der Waals surface area contributed by atoms with E-state index in [0.29, 0.717) is 25.4 Å². The average Bonchev–Trinajstić information content (AvgIpc) is 2.27. The lowest BCUT2D eigenvalue weighted by Gasteiger charge is -2.33. The van der Waals surface area contributed by atoms with E-state index in [9.17, 15) is 9.59 Å². The van der Waals surface area contributed by atoms with Crippen LogP contribution < -0.4 is 16.4 Å². The second-order valence-corrected chi connectivity index (χ2v) is 5.89. The molecule has 0 radical (unpaired) electrons. The SMILES string of the molecule is CC(C)CC(C)(CN)NC(=O)C1CCNC(=O)C1. The lowest BCUT2D eigenvalue weighted by molar-refractivity contribution is -0.133. The van der Waals surface area contributed by atoms with Gasteiger partial charge in [0.15, 0.2) is 0 Å². The molecule has 0 saturated carbocycles. The Morgan fingerprint density at radius 3 is 2.78 bits per heavy atom. The molecule has 0 aromatic heterocycles. The Balaban J connectivity index is 2.58. The van der Waals surface area contributed by atoms with Crippen LogP contribution in [0.4, 0.5) is 0 Å². The van der Waals surface area contributed by atoms with Crippen LogP contribution in [0.15, 0.2) is 0 Å². The molecule has 0 spiro atoms. The van der Waals surface area contributed by atoms with Crippen LogP contribution >= 0.6 is 0 Å². The maximum absolute atomic E-state index is 12.2. The van der Waals surface area contributed by atoms with Crippen LogP contribution in [0.1, 0.15) is 40.0 Å². The monoisotopic (exact) mass is 255 g/mol. The van der Waals surface area contributed by atoms with Gasteiger partial charge in [0, 0.05) is 31.0 Å². The van der Waals surface area contributed by atoms with E-state index >= 15 is 0 Å². The Morgan fingerprint density at radius 2 is 2.28 bits per heavy atom. The van der Waals surface area contributed by atoms with E-state index in [4.69, 9.17) is 5.73 Å². The molecule has 0 aliphatic carbocycles. The standard InChI is InChI=1S/C13H25N3O2/c1-9(2)7-13(3,8-14)16-12(18)10-4-5-15-11(17)6-10/h9-10H,4-8,14H2,1-3H3,(H,15,17)(H,16,18). The first-order valence-electron chi connectivity index (χ1n) is 6.65. The first kappa shape index (κ1) is 15.0. The van der Waals surface area contributed by atoms with Gasteiger partial charge in [-0.25, -0.2) is 0 Å². The highest BCUT2D eigenvalue weighted by Crippen LogP contribution is 2.18. The number of rotatable bonds is 5. The normalized spacial score (nSPS) is 23.4. The fraction of sp³-hybridized carbons (Fsp3) is 0.846. The Bertz CT molecular complexity index is 317. The van der Waals surface area contributed by atoms with Crippen LogP contribution in [0.25, 0.3) is 0 Å². The van der Waals surface area contributed by atoms with Gasteiger partial charge in [-0.3, -0.25) is 9.59 Å². The molecule has 5 nitrogen and oxygen atoms in total. The Labute approximate surface area is 109 Å². The molecule has 1 aliphatic heterocycles. The van der Waals surface area contributed by atoms with Crippen molar-refractivity contribution >= 4 is 11.8 Å². The summed E-state index contributed by atoms with van der Waals surface area (Å²) in [5.74, 6) is 0.170. The predicted molar refractivity (Wildman–Crippen MR) is 70.8 cm³/mol. The van der Waals surface area contributed by atoms with E-state index in [1.165, 1.54) is 0 Å². The largest absolute Gasteiger partial charge is 0.356 e. The molecular weight excluding hydrogens is 230 g/mol. The minimum Gasteiger partial charge on any atom is -0.356 e. The highest BCUT2D eigenvalue weighted by Gasteiger charge is 2.31.